The first kappa shape index (κ1) is 14.4. The molecule has 4 nitrogen and oxygen atoms in total. The van der Waals surface area contributed by atoms with Crippen molar-refractivity contribution in [3.05, 3.63) is 29.3 Å². The lowest BCUT2D eigenvalue weighted by atomic mass is 10.1. The molecule has 114 valence electrons. The fourth-order valence-corrected chi connectivity index (χ4v) is 3.50. The average molecular weight is 288 g/mol. The molecule has 1 aliphatic heterocycles. The molecule has 1 amide bonds. The number of carbonyl (C=O) groups excluding carboxylic acids is 1. The molecule has 0 bridgehead atoms. The maximum absolute atomic E-state index is 11.7. The zero-order valence-electron chi connectivity index (χ0n) is 12.9. The molecule has 2 unspecified atom stereocenters. The highest BCUT2D eigenvalue weighted by Gasteiger charge is 2.26. The van der Waals surface area contributed by atoms with Crippen molar-refractivity contribution in [1.82, 2.24) is 10.2 Å². The Morgan fingerprint density at radius 2 is 2.29 bits per heavy atom. The van der Waals surface area contributed by atoms with Crippen LogP contribution in [-0.4, -0.2) is 37.0 Å². The summed E-state index contributed by atoms with van der Waals surface area (Å²) in [6, 6.07) is 7.04. The van der Waals surface area contributed by atoms with E-state index in [-0.39, 0.29) is 0 Å². The van der Waals surface area contributed by atoms with Crippen LogP contribution in [0.15, 0.2) is 18.2 Å². The zero-order chi connectivity index (χ0) is 14.8. The van der Waals surface area contributed by atoms with Crippen molar-refractivity contribution in [3.63, 3.8) is 0 Å². The fraction of sp³-hybridized carbons (Fsp3) is 0.588. The summed E-state index contributed by atoms with van der Waals surface area (Å²) in [6.07, 6.45) is 3.97. The van der Waals surface area contributed by atoms with Crippen molar-refractivity contribution in [2.24, 2.45) is 0 Å². The van der Waals surface area contributed by atoms with Crippen LogP contribution in [0.3, 0.4) is 0 Å². The van der Waals surface area contributed by atoms with Gasteiger partial charge in [-0.25, -0.2) is 0 Å². The van der Waals surface area contributed by atoms with Gasteiger partial charge in [0, 0.05) is 31.6 Å². The molecular weight excluding hydrogens is 264 g/mol. The molecule has 1 fully saturated rings. The number of nitrogens with zero attached hydrogens (tertiary/aromatic N) is 1. The van der Waals surface area contributed by atoms with Gasteiger partial charge < -0.3 is 15.0 Å². The number of likely N-dealkylation sites (tertiary alicyclic amines) is 1. The van der Waals surface area contributed by atoms with Gasteiger partial charge in [-0.3, -0.25) is 4.79 Å². The van der Waals surface area contributed by atoms with Crippen LogP contribution in [0.4, 0.5) is 0 Å². The molecule has 1 aliphatic carbocycles. The monoisotopic (exact) mass is 288 g/mol. The molecule has 4 heteroatoms. The summed E-state index contributed by atoms with van der Waals surface area (Å²) < 4.78 is 5.33. The first-order valence-electron chi connectivity index (χ1n) is 7.88. The number of benzene rings is 1. The van der Waals surface area contributed by atoms with Gasteiger partial charge in [-0.1, -0.05) is 6.07 Å². The van der Waals surface area contributed by atoms with Gasteiger partial charge in [0.1, 0.15) is 5.75 Å². The molecule has 1 aromatic rings. The van der Waals surface area contributed by atoms with Gasteiger partial charge >= 0.3 is 0 Å². The molecule has 1 N–H and O–H groups in total. The van der Waals surface area contributed by atoms with Crippen molar-refractivity contribution in [3.8, 4) is 5.75 Å². The number of nitrogens with one attached hydrogen (secondary N) is 1. The number of ether oxygens (including phenoxy) is 1. The minimum Gasteiger partial charge on any atom is -0.497 e. The Morgan fingerprint density at radius 1 is 1.43 bits per heavy atom. The summed E-state index contributed by atoms with van der Waals surface area (Å²) >= 11 is 0. The molecule has 1 aromatic carbocycles. The Balaban J connectivity index is 1.63. The highest BCUT2D eigenvalue weighted by molar-refractivity contribution is 5.78. The van der Waals surface area contributed by atoms with Crippen LogP contribution < -0.4 is 10.1 Å². The third-order valence-corrected chi connectivity index (χ3v) is 4.58. The summed E-state index contributed by atoms with van der Waals surface area (Å²) in [5.41, 5.74) is 2.77. The van der Waals surface area contributed by atoms with Crippen molar-refractivity contribution in [1.29, 1.82) is 0 Å². The van der Waals surface area contributed by atoms with Crippen LogP contribution in [0.25, 0.3) is 0 Å². The number of fused-ring (bicyclic) bond motifs is 1. The second-order valence-corrected chi connectivity index (χ2v) is 6.17. The van der Waals surface area contributed by atoms with E-state index in [0.717, 1.165) is 44.5 Å². The lowest BCUT2D eigenvalue weighted by molar-refractivity contribution is -0.127. The predicted molar refractivity (Wildman–Crippen MR) is 82.5 cm³/mol. The molecule has 0 aromatic heterocycles. The Kier molecular flexibility index (Phi) is 4.15. The fourth-order valence-electron chi connectivity index (χ4n) is 3.50. The van der Waals surface area contributed by atoms with E-state index in [9.17, 15) is 4.79 Å². The summed E-state index contributed by atoms with van der Waals surface area (Å²) in [4.78, 5) is 13.7. The van der Waals surface area contributed by atoms with Crippen LogP contribution >= 0.6 is 0 Å². The lowest BCUT2D eigenvalue weighted by Gasteiger charge is -2.25. The zero-order valence-corrected chi connectivity index (χ0v) is 12.9. The smallest absolute Gasteiger partial charge is 0.222 e. The summed E-state index contributed by atoms with van der Waals surface area (Å²) in [7, 11) is 1.71. The van der Waals surface area contributed by atoms with Gasteiger partial charge in [0.05, 0.1) is 7.11 Å². The molecule has 1 heterocycles. The molecule has 2 aliphatic rings. The predicted octanol–water partition coefficient (Wildman–Crippen LogP) is 2.28. The third kappa shape index (κ3) is 3.05. The Labute approximate surface area is 126 Å². The highest BCUT2D eigenvalue weighted by atomic mass is 16.5. The van der Waals surface area contributed by atoms with Gasteiger partial charge in [0.15, 0.2) is 0 Å². The maximum Gasteiger partial charge on any atom is 0.222 e. The van der Waals surface area contributed by atoms with E-state index >= 15 is 0 Å². The van der Waals surface area contributed by atoms with E-state index in [1.807, 2.05) is 11.0 Å². The van der Waals surface area contributed by atoms with Crippen molar-refractivity contribution >= 4 is 5.91 Å². The van der Waals surface area contributed by atoms with E-state index in [1.165, 1.54) is 11.1 Å². The molecule has 0 radical (unpaired) electrons. The normalized spacial score (nSPS) is 22.5. The number of rotatable bonds is 5. The summed E-state index contributed by atoms with van der Waals surface area (Å²) in [5.74, 6) is 1.22. The lowest BCUT2D eigenvalue weighted by Crippen LogP contribution is -2.40. The maximum atomic E-state index is 11.7. The highest BCUT2D eigenvalue weighted by Crippen LogP contribution is 2.34. The SMILES string of the molecule is COc1ccc2c(c1)C(NC(C)CN1CCCC1=O)CC2. The standard InChI is InChI=1S/C17H24N2O2/c1-12(11-19-9-3-4-17(19)20)18-16-8-6-13-5-7-14(21-2)10-15(13)16/h5,7,10,12,16,18H,3-4,6,8-9,11H2,1-2H3. The molecule has 1 saturated heterocycles. The number of aryl methyl sites for hydroxylation is 1. The molecule has 3 rings (SSSR count). The van der Waals surface area contributed by atoms with Crippen molar-refractivity contribution in [2.75, 3.05) is 20.2 Å². The summed E-state index contributed by atoms with van der Waals surface area (Å²) in [5, 5.41) is 3.68. The van der Waals surface area contributed by atoms with Crippen LogP contribution in [0.2, 0.25) is 0 Å². The quantitative estimate of drug-likeness (QED) is 0.904. The van der Waals surface area contributed by atoms with Crippen molar-refractivity contribution in [2.45, 2.75) is 44.7 Å². The first-order valence-corrected chi connectivity index (χ1v) is 7.88. The molecular formula is C17H24N2O2. The molecule has 0 saturated carbocycles. The van der Waals surface area contributed by atoms with Crippen LogP contribution in [0, 0.1) is 0 Å². The number of methoxy groups -OCH3 is 1. The molecule has 2 atom stereocenters. The minimum atomic E-state index is 0.303. The second-order valence-electron chi connectivity index (χ2n) is 6.17. The topological polar surface area (TPSA) is 41.6 Å². The second kappa shape index (κ2) is 6.06. The van der Waals surface area contributed by atoms with Crippen LogP contribution in [0.5, 0.6) is 5.75 Å². The van der Waals surface area contributed by atoms with Gasteiger partial charge in [0.25, 0.3) is 0 Å². The van der Waals surface area contributed by atoms with E-state index in [1.54, 1.807) is 7.11 Å². The first-order chi connectivity index (χ1) is 10.2. The Bertz CT molecular complexity index is 530. The van der Waals surface area contributed by atoms with Gasteiger partial charge in [-0.05, 0) is 49.4 Å². The largest absolute Gasteiger partial charge is 0.497 e. The minimum absolute atomic E-state index is 0.303. The van der Waals surface area contributed by atoms with Gasteiger partial charge in [-0.15, -0.1) is 0 Å². The van der Waals surface area contributed by atoms with Gasteiger partial charge in [0.2, 0.25) is 5.91 Å². The van der Waals surface area contributed by atoms with Gasteiger partial charge in [-0.2, -0.15) is 0 Å². The number of amides is 1. The van der Waals surface area contributed by atoms with Crippen molar-refractivity contribution < 1.29 is 9.53 Å². The van der Waals surface area contributed by atoms with E-state index in [2.05, 4.69) is 24.4 Å². The average Bonchev–Trinajstić information content (AvgIpc) is 3.06. The number of hydrogen-bond donors (Lipinski definition) is 1. The summed E-state index contributed by atoms with van der Waals surface area (Å²) in [6.45, 7) is 3.90. The Hall–Kier alpha value is -1.55. The number of carbonyl (C=O) groups is 1. The van der Waals surface area contributed by atoms with Crippen LogP contribution in [0.1, 0.15) is 43.4 Å². The molecule has 0 spiro atoms. The third-order valence-electron chi connectivity index (χ3n) is 4.58. The van der Waals surface area contributed by atoms with E-state index < -0.39 is 0 Å². The van der Waals surface area contributed by atoms with Crippen LogP contribution in [-0.2, 0) is 11.2 Å². The van der Waals surface area contributed by atoms with E-state index in [0.29, 0.717) is 18.0 Å². The van der Waals surface area contributed by atoms with E-state index in [4.69, 9.17) is 4.74 Å². The molecule has 21 heavy (non-hydrogen) atoms. The Morgan fingerprint density at radius 3 is 3.00 bits per heavy atom. The number of hydrogen-bond acceptors (Lipinski definition) is 3.